The smallest absolute Gasteiger partial charge is 0.314 e. The first-order chi connectivity index (χ1) is 11.7. The van der Waals surface area contributed by atoms with Gasteiger partial charge in [0.15, 0.2) is 9.84 Å². The van der Waals surface area contributed by atoms with Crippen molar-refractivity contribution in [3.63, 3.8) is 0 Å². The molecule has 1 aliphatic rings. The topological polar surface area (TPSA) is 91.7 Å². The van der Waals surface area contributed by atoms with E-state index >= 15 is 0 Å². The van der Waals surface area contributed by atoms with Crippen molar-refractivity contribution in [1.82, 2.24) is 0 Å². The van der Waals surface area contributed by atoms with Crippen molar-refractivity contribution >= 4 is 31.7 Å². The molecule has 0 radical (unpaired) electrons. The first-order valence-corrected chi connectivity index (χ1v) is 9.99. The molecule has 5 nitrogen and oxygen atoms in total. The van der Waals surface area contributed by atoms with E-state index in [4.69, 9.17) is 0 Å². The molecule has 2 N–H and O–H groups in total. The van der Waals surface area contributed by atoms with Gasteiger partial charge in [0, 0.05) is 10.4 Å². The molecule has 0 heterocycles. The molecule has 2 aromatic carbocycles. The van der Waals surface area contributed by atoms with Crippen LogP contribution in [0.3, 0.4) is 0 Å². The van der Waals surface area contributed by atoms with E-state index in [1.807, 2.05) is 6.92 Å². The maximum absolute atomic E-state index is 13.1. The highest BCUT2D eigenvalue weighted by Gasteiger charge is 2.75. The number of aryl methyl sites for hydroxylation is 1. The summed E-state index contributed by atoms with van der Waals surface area (Å²) in [5.74, 6) is -2.10. The van der Waals surface area contributed by atoms with E-state index < -0.39 is 39.0 Å². The third-order valence-corrected chi connectivity index (χ3v) is 7.65. The fraction of sp³-hybridized carbons (Fsp3) is 0.278. The van der Waals surface area contributed by atoms with Crippen LogP contribution in [0.2, 0.25) is 0 Å². The summed E-state index contributed by atoms with van der Waals surface area (Å²) in [6.45, 7) is 1.10. The number of halogens is 1. The number of aliphatic hydroxyl groups excluding tert-OH is 1. The van der Waals surface area contributed by atoms with E-state index in [0.29, 0.717) is 5.56 Å². The fourth-order valence-electron chi connectivity index (χ4n) is 3.39. The Bertz CT molecular complexity index is 905. The van der Waals surface area contributed by atoms with Gasteiger partial charge in [-0.15, -0.1) is 0 Å². The van der Waals surface area contributed by atoms with Gasteiger partial charge in [-0.2, -0.15) is 0 Å². The minimum Gasteiger partial charge on any atom is -0.481 e. The molecule has 3 atom stereocenters. The molecule has 132 valence electrons. The Kier molecular flexibility index (Phi) is 4.51. The molecular weight excluding hydrogens is 408 g/mol. The van der Waals surface area contributed by atoms with Crippen molar-refractivity contribution < 1.29 is 23.4 Å². The maximum atomic E-state index is 13.1. The molecule has 1 saturated carbocycles. The van der Waals surface area contributed by atoms with Crippen LogP contribution >= 0.6 is 15.9 Å². The van der Waals surface area contributed by atoms with Crippen LogP contribution in [0.15, 0.2) is 57.9 Å². The highest BCUT2D eigenvalue weighted by Crippen LogP contribution is 2.64. The van der Waals surface area contributed by atoms with Gasteiger partial charge < -0.3 is 10.2 Å². The van der Waals surface area contributed by atoms with E-state index in [9.17, 15) is 23.4 Å². The van der Waals surface area contributed by atoms with Crippen LogP contribution in [0.5, 0.6) is 0 Å². The van der Waals surface area contributed by atoms with Crippen molar-refractivity contribution in [1.29, 1.82) is 0 Å². The normalized spacial score (nSPS) is 25.6. The Labute approximate surface area is 154 Å². The second kappa shape index (κ2) is 6.23. The summed E-state index contributed by atoms with van der Waals surface area (Å²) in [6.07, 6.45) is 0. The molecule has 1 aliphatic carbocycles. The number of carbonyl (C=O) groups is 1. The molecule has 25 heavy (non-hydrogen) atoms. The summed E-state index contributed by atoms with van der Waals surface area (Å²) in [5.41, 5.74) is -0.233. The number of carboxylic acids is 1. The van der Waals surface area contributed by atoms with Crippen molar-refractivity contribution in [2.75, 3.05) is 6.61 Å². The molecule has 3 rings (SSSR count). The Balaban J connectivity index is 2.10. The number of hydrogen-bond donors (Lipinski definition) is 2. The monoisotopic (exact) mass is 424 g/mol. The lowest BCUT2D eigenvalue weighted by atomic mass is 10.0. The second-order valence-electron chi connectivity index (χ2n) is 6.31. The van der Waals surface area contributed by atoms with Gasteiger partial charge >= 0.3 is 5.97 Å². The zero-order valence-corrected chi connectivity index (χ0v) is 15.8. The van der Waals surface area contributed by atoms with E-state index in [0.717, 1.165) is 10.0 Å². The molecule has 0 unspecified atom stereocenters. The standard InChI is InChI=1S/C18H17BrO5S/c1-11-2-8-14(9-3-11)25(23,24)16-15(18(16,10-20)17(21)22)12-4-6-13(19)7-5-12/h2-9,15-16,20H,10H2,1H3,(H,21,22)/t15-,16+,18+/m0/s1. The molecule has 2 aromatic rings. The van der Waals surface area contributed by atoms with Crippen LogP contribution in [-0.4, -0.2) is 36.5 Å². The van der Waals surface area contributed by atoms with Gasteiger partial charge in [0.25, 0.3) is 0 Å². The number of benzene rings is 2. The molecule has 0 saturated heterocycles. The van der Waals surface area contributed by atoms with Crippen molar-refractivity contribution in [3.05, 3.63) is 64.1 Å². The minimum atomic E-state index is -3.91. The quantitative estimate of drug-likeness (QED) is 0.769. The minimum absolute atomic E-state index is 0.0711. The predicted octanol–water partition coefficient (Wildman–Crippen LogP) is 2.76. The summed E-state index contributed by atoms with van der Waals surface area (Å²) in [5, 5.41) is 18.3. The van der Waals surface area contributed by atoms with Crippen LogP contribution in [0.25, 0.3) is 0 Å². The van der Waals surface area contributed by atoms with Gasteiger partial charge in [-0.1, -0.05) is 45.8 Å². The van der Waals surface area contributed by atoms with E-state index in [1.165, 1.54) is 12.1 Å². The number of hydrogen-bond acceptors (Lipinski definition) is 4. The third-order valence-electron chi connectivity index (χ3n) is 4.83. The summed E-state index contributed by atoms with van der Waals surface area (Å²) in [6, 6.07) is 13.1. The first kappa shape index (κ1) is 18.1. The highest BCUT2D eigenvalue weighted by molar-refractivity contribution is 9.10. The molecule has 1 fully saturated rings. The molecule has 0 amide bonds. The molecule has 0 aromatic heterocycles. The molecule has 7 heteroatoms. The summed E-state index contributed by atoms with van der Waals surface area (Å²) >= 11 is 3.30. The average molecular weight is 425 g/mol. The van der Waals surface area contributed by atoms with Gasteiger partial charge in [-0.25, -0.2) is 8.42 Å². The lowest BCUT2D eigenvalue weighted by Crippen LogP contribution is -2.27. The van der Waals surface area contributed by atoms with Crippen LogP contribution < -0.4 is 0 Å². The summed E-state index contributed by atoms with van der Waals surface area (Å²) < 4.78 is 26.9. The number of carboxylic acid groups (broad SMARTS) is 1. The van der Waals surface area contributed by atoms with Crippen molar-refractivity contribution in [3.8, 4) is 0 Å². The van der Waals surface area contributed by atoms with E-state index in [2.05, 4.69) is 15.9 Å². The van der Waals surface area contributed by atoms with Gasteiger partial charge in [-0.05, 0) is 36.8 Å². The lowest BCUT2D eigenvalue weighted by molar-refractivity contribution is -0.145. The van der Waals surface area contributed by atoms with Crippen LogP contribution in [0, 0.1) is 12.3 Å². The summed E-state index contributed by atoms with van der Waals surface area (Å²) in [7, 11) is -3.91. The Hall–Kier alpha value is -1.70. The van der Waals surface area contributed by atoms with Crippen LogP contribution in [0.4, 0.5) is 0 Å². The molecule has 0 aliphatic heterocycles. The van der Waals surface area contributed by atoms with Crippen LogP contribution in [-0.2, 0) is 14.6 Å². The van der Waals surface area contributed by atoms with Gasteiger partial charge in [0.05, 0.1) is 16.8 Å². The Morgan fingerprint density at radius 3 is 2.16 bits per heavy atom. The largest absolute Gasteiger partial charge is 0.481 e. The third kappa shape index (κ3) is 2.80. The highest BCUT2D eigenvalue weighted by atomic mass is 79.9. The zero-order chi connectivity index (χ0) is 18.4. The first-order valence-electron chi connectivity index (χ1n) is 7.65. The zero-order valence-electron chi connectivity index (χ0n) is 13.4. The fourth-order valence-corrected chi connectivity index (χ4v) is 6.02. The summed E-state index contributed by atoms with van der Waals surface area (Å²) in [4.78, 5) is 11.9. The van der Waals surface area contributed by atoms with Gasteiger partial charge in [0.1, 0.15) is 5.41 Å². The Morgan fingerprint density at radius 2 is 1.68 bits per heavy atom. The molecule has 0 spiro atoms. The maximum Gasteiger partial charge on any atom is 0.314 e. The van der Waals surface area contributed by atoms with Gasteiger partial charge in [0.2, 0.25) is 0 Å². The molecular formula is C18H17BrO5S. The van der Waals surface area contributed by atoms with Crippen LogP contribution in [0.1, 0.15) is 17.0 Å². The number of sulfone groups is 1. The average Bonchev–Trinajstić information content (AvgIpc) is 3.27. The number of aliphatic carboxylic acids is 1. The molecule has 0 bridgehead atoms. The number of aliphatic hydroxyl groups is 1. The second-order valence-corrected chi connectivity index (χ2v) is 9.30. The van der Waals surface area contributed by atoms with Crippen molar-refractivity contribution in [2.24, 2.45) is 5.41 Å². The lowest BCUT2D eigenvalue weighted by Gasteiger charge is -2.09. The van der Waals surface area contributed by atoms with E-state index in [-0.39, 0.29) is 4.90 Å². The predicted molar refractivity (Wildman–Crippen MR) is 96.2 cm³/mol. The van der Waals surface area contributed by atoms with Crippen molar-refractivity contribution in [2.45, 2.75) is 23.0 Å². The Morgan fingerprint density at radius 1 is 1.12 bits per heavy atom. The number of rotatable bonds is 5. The van der Waals surface area contributed by atoms with E-state index in [1.54, 1.807) is 36.4 Å². The van der Waals surface area contributed by atoms with Gasteiger partial charge in [-0.3, -0.25) is 4.79 Å². The SMILES string of the molecule is Cc1ccc(S(=O)(=O)[C@@H]2[C@H](c3ccc(Br)cc3)[C@@]2(CO)C(=O)O)cc1.